The fraction of sp³-hybridized carbons (Fsp3) is 0.222. The number of hydrogen-bond donors (Lipinski definition) is 0. The van der Waals surface area contributed by atoms with Crippen molar-refractivity contribution < 1.29 is 4.74 Å². The van der Waals surface area contributed by atoms with Gasteiger partial charge in [-0.15, -0.1) is 0 Å². The first-order valence-electron chi connectivity index (χ1n) is 6.78. The molecule has 3 heteroatoms. The van der Waals surface area contributed by atoms with Gasteiger partial charge < -0.3 is 4.74 Å². The van der Waals surface area contributed by atoms with E-state index in [4.69, 9.17) is 10.00 Å². The van der Waals surface area contributed by atoms with Crippen molar-refractivity contribution in [1.82, 2.24) is 0 Å². The molecule has 0 atom stereocenters. The van der Waals surface area contributed by atoms with Crippen LogP contribution < -0.4 is 4.74 Å². The average Bonchev–Trinajstić information content (AvgIpc) is 2.46. The van der Waals surface area contributed by atoms with Gasteiger partial charge in [-0.2, -0.15) is 10.5 Å². The number of rotatable bonds is 3. The van der Waals surface area contributed by atoms with E-state index in [1.54, 1.807) is 18.2 Å². The van der Waals surface area contributed by atoms with Crippen molar-refractivity contribution in [3.05, 3.63) is 58.7 Å². The van der Waals surface area contributed by atoms with Gasteiger partial charge in [0, 0.05) is 0 Å². The molecule has 21 heavy (non-hydrogen) atoms. The first-order chi connectivity index (χ1) is 10.1. The first kappa shape index (κ1) is 14.6. The summed E-state index contributed by atoms with van der Waals surface area (Å²) in [5.74, 6) is 1.46. The monoisotopic (exact) mass is 276 g/mol. The molecule has 0 spiro atoms. The fourth-order valence-electron chi connectivity index (χ4n) is 2.15. The Labute approximate surface area is 125 Å². The lowest BCUT2D eigenvalue weighted by Gasteiger charge is -2.15. The molecule has 0 aliphatic carbocycles. The molecule has 0 amide bonds. The number of aryl methyl sites for hydroxylation is 1. The smallest absolute Gasteiger partial charge is 0.146 e. The van der Waals surface area contributed by atoms with Crippen LogP contribution in [0.5, 0.6) is 11.5 Å². The molecule has 0 fully saturated rings. The maximum atomic E-state index is 9.26. The molecule has 0 unspecified atom stereocenters. The first-order valence-corrected chi connectivity index (χ1v) is 6.78. The van der Waals surface area contributed by atoms with Crippen LogP contribution in [0.1, 0.15) is 42.0 Å². The third-order valence-corrected chi connectivity index (χ3v) is 3.27. The van der Waals surface area contributed by atoms with Crippen molar-refractivity contribution in [2.45, 2.75) is 26.7 Å². The maximum Gasteiger partial charge on any atom is 0.146 e. The van der Waals surface area contributed by atoms with Crippen molar-refractivity contribution in [1.29, 1.82) is 10.5 Å². The minimum Gasteiger partial charge on any atom is -0.456 e. The van der Waals surface area contributed by atoms with Crippen LogP contribution in [-0.2, 0) is 0 Å². The normalized spacial score (nSPS) is 10.0. The van der Waals surface area contributed by atoms with Gasteiger partial charge in [-0.05, 0) is 42.2 Å². The summed E-state index contributed by atoms with van der Waals surface area (Å²) in [6.07, 6.45) is 0. The van der Waals surface area contributed by atoms with E-state index in [1.807, 2.05) is 31.2 Å². The highest BCUT2D eigenvalue weighted by molar-refractivity contribution is 5.55. The van der Waals surface area contributed by atoms with Gasteiger partial charge in [0.15, 0.2) is 0 Å². The van der Waals surface area contributed by atoms with Gasteiger partial charge >= 0.3 is 0 Å². The molecule has 0 saturated heterocycles. The second-order valence-corrected chi connectivity index (χ2v) is 5.20. The summed E-state index contributed by atoms with van der Waals surface area (Å²) in [6, 6.07) is 15.2. The van der Waals surface area contributed by atoms with Crippen LogP contribution in [-0.4, -0.2) is 0 Å². The van der Waals surface area contributed by atoms with Crippen molar-refractivity contribution in [3.63, 3.8) is 0 Å². The van der Waals surface area contributed by atoms with Crippen LogP contribution in [0.4, 0.5) is 0 Å². The Hall–Kier alpha value is -2.78. The third kappa shape index (κ3) is 3.04. The van der Waals surface area contributed by atoms with Gasteiger partial charge in [-0.3, -0.25) is 0 Å². The van der Waals surface area contributed by atoms with Crippen LogP contribution in [0, 0.1) is 29.6 Å². The minimum atomic E-state index is 0.274. The molecule has 2 aromatic carbocycles. The topological polar surface area (TPSA) is 56.8 Å². The summed E-state index contributed by atoms with van der Waals surface area (Å²) in [7, 11) is 0. The van der Waals surface area contributed by atoms with Crippen LogP contribution in [0.2, 0.25) is 0 Å². The van der Waals surface area contributed by atoms with Crippen LogP contribution >= 0.6 is 0 Å². The zero-order chi connectivity index (χ0) is 15.4. The summed E-state index contributed by atoms with van der Waals surface area (Å²) in [4.78, 5) is 0. The van der Waals surface area contributed by atoms with Gasteiger partial charge in [-0.25, -0.2) is 0 Å². The van der Waals surface area contributed by atoms with E-state index in [0.717, 1.165) is 16.9 Å². The second-order valence-electron chi connectivity index (χ2n) is 5.20. The van der Waals surface area contributed by atoms with Gasteiger partial charge in [0.2, 0.25) is 0 Å². The minimum absolute atomic E-state index is 0.274. The van der Waals surface area contributed by atoms with E-state index >= 15 is 0 Å². The molecule has 0 aliphatic heterocycles. The van der Waals surface area contributed by atoms with Crippen LogP contribution in [0.25, 0.3) is 0 Å². The molecule has 0 saturated carbocycles. The molecular weight excluding hydrogens is 260 g/mol. The lowest BCUT2D eigenvalue weighted by Crippen LogP contribution is -1.97. The molecule has 0 aliphatic rings. The SMILES string of the molecule is Cc1ccc(C(C)C)c(Oc2cccc(C#N)c2C#N)c1. The average molecular weight is 276 g/mol. The predicted molar refractivity (Wildman–Crippen MR) is 81.2 cm³/mol. The van der Waals surface area contributed by atoms with Crippen molar-refractivity contribution in [2.75, 3.05) is 0 Å². The summed E-state index contributed by atoms with van der Waals surface area (Å²) in [5, 5.41) is 18.3. The predicted octanol–water partition coefficient (Wildman–Crippen LogP) is 4.65. The van der Waals surface area contributed by atoms with Gasteiger partial charge in [0.05, 0.1) is 5.56 Å². The number of nitrogens with zero attached hydrogens (tertiary/aromatic N) is 2. The van der Waals surface area contributed by atoms with Crippen LogP contribution in [0.3, 0.4) is 0 Å². The largest absolute Gasteiger partial charge is 0.456 e. The van der Waals surface area contributed by atoms with Gasteiger partial charge in [0.1, 0.15) is 29.2 Å². The molecule has 3 nitrogen and oxygen atoms in total. The molecule has 0 radical (unpaired) electrons. The summed E-state index contributed by atoms with van der Waals surface area (Å²) in [6.45, 7) is 6.18. The molecular formula is C18H16N2O. The highest BCUT2D eigenvalue weighted by Crippen LogP contribution is 2.33. The summed E-state index contributed by atoms with van der Waals surface area (Å²) in [5.41, 5.74) is 2.76. The van der Waals surface area contributed by atoms with E-state index in [0.29, 0.717) is 17.2 Å². The number of ether oxygens (including phenoxy) is 1. The fourth-order valence-corrected chi connectivity index (χ4v) is 2.15. The van der Waals surface area contributed by atoms with E-state index < -0.39 is 0 Å². The molecule has 0 aromatic heterocycles. The van der Waals surface area contributed by atoms with E-state index in [-0.39, 0.29) is 5.56 Å². The lowest BCUT2D eigenvalue weighted by molar-refractivity contribution is 0.471. The van der Waals surface area contributed by atoms with Crippen molar-refractivity contribution in [2.24, 2.45) is 0 Å². The molecule has 0 heterocycles. The lowest BCUT2D eigenvalue weighted by atomic mass is 10.0. The Morgan fingerprint density at radius 1 is 1.00 bits per heavy atom. The van der Waals surface area contributed by atoms with E-state index in [9.17, 15) is 5.26 Å². The number of benzene rings is 2. The summed E-state index contributed by atoms with van der Waals surface area (Å²) < 4.78 is 5.94. The number of nitriles is 2. The summed E-state index contributed by atoms with van der Waals surface area (Å²) >= 11 is 0. The zero-order valence-electron chi connectivity index (χ0n) is 12.3. The Kier molecular flexibility index (Phi) is 4.26. The van der Waals surface area contributed by atoms with Gasteiger partial charge in [-0.1, -0.05) is 32.0 Å². The maximum absolute atomic E-state index is 9.26. The molecule has 2 rings (SSSR count). The Morgan fingerprint density at radius 2 is 1.76 bits per heavy atom. The molecule has 2 aromatic rings. The quantitative estimate of drug-likeness (QED) is 0.819. The highest BCUT2D eigenvalue weighted by Gasteiger charge is 2.13. The van der Waals surface area contributed by atoms with Gasteiger partial charge in [0.25, 0.3) is 0 Å². The molecule has 0 N–H and O–H groups in total. The van der Waals surface area contributed by atoms with E-state index in [1.165, 1.54) is 0 Å². The second kappa shape index (κ2) is 6.11. The Morgan fingerprint density at radius 3 is 2.38 bits per heavy atom. The number of hydrogen-bond acceptors (Lipinski definition) is 3. The standard InChI is InChI=1S/C18H16N2O/c1-12(2)15-8-7-13(3)9-18(15)21-17-6-4-5-14(10-19)16(17)11-20/h4-9,12H,1-3H3. The molecule has 104 valence electrons. The van der Waals surface area contributed by atoms with Crippen LogP contribution in [0.15, 0.2) is 36.4 Å². The Bertz CT molecular complexity index is 749. The van der Waals surface area contributed by atoms with Crippen molar-refractivity contribution >= 4 is 0 Å². The molecule has 0 bridgehead atoms. The zero-order valence-corrected chi connectivity index (χ0v) is 12.3. The van der Waals surface area contributed by atoms with Crippen molar-refractivity contribution in [3.8, 4) is 23.6 Å². The third-order valence-electron chi connectivity index (χ3n) is 3.27. The highest BCUT2D eigenvalue weighted by atomic mass is 16.5. The van der Waals surface area contributed by atoms with E-state index in [2.05, 4.69) is 19.9 Å². The Balaban J connectivity index is 2.51.